The van der Waals surface area contributed by atoms with Gasteiger partial charge >= 0.3 is 6.18 Å². The molecule has 0 saturated heterocycles. The summed E-state index contributed by atoms with van der Waals surface area (Å²) >= 11 is 0. The molecule has 0 aliphatic rings. The van der Waals surface area contributed by atoms with Crippen LogP contribution in [0.4, 0.5) is 13.2 Å². The van der Waals surface area contributed by atoms with Gasteiger partial charge in [0, 0.05) is 0 Å². The lowest BCUT2D eigenvalue weighted by atomic mass is 9.89. The Morgan fingerprint density at radius 1 is 0.640 bits per heavy atom. The molecule has 25 heavy (non-hydrogen) atoms. The van der Waals surface area contributed by atoms with Crippen molar-refractivity contribution in [2.75, 3.05) is 0 Å². The molecule has 3 rings (SSSR count). The zero-order valence-corrected chi connectivity index (χ0v) is 13.7. The summed E-state index contributed by atoms with van der Waals surface area (Å²) in [6.07, 6.45) is -4.36. The molecule has 0 fully saturated rings. The highest BCUT2D eigenvalue weighted by atomic mass is 19.4. The number of allylic oxidation sites excluding steroid dienone is 1. The van der Waals surface area contributed by atoms with Crippen LogP contribution in [0.15, 0.2) is 84.9 Å². The Balaban J connectivity index is 2.24. The van der Waals surface area contributed by atoms with E-state index in [2.05, 4.69) is 0 Å². The van der Waals surface area contributed by atoms with Crippen molar-refractivity contribution in [1.82, 2.24) is 0 Å². The summed E-state index contributed by atoms with van der Waals surface area (Å²) in [7, 11) is 0. The van der Waals surface area contributed by atoms with E-state index in [0.29, 0.717) is 5.56 Å². The normalized spacial score (nSPS) is 12.6. The Morgan fingerprint density at radius 3 is 1.72 bits per heavy atom. The summed E-state index contributed by atoms with van der Waals surface area (Å²) in [6.45, 7) is 1.94. The first-order valence-electron chi connectivity index (χ1n) is 7.96. The van der Waals surface area contributed by atoms with E-state index in [0.717, 1.165) is 28.3 Å². The maximum atomic E-state index is 13.1. The number of rotatable bonds is 3. The van der Waals surface area contributed by atoms with Crippen LogP contribution in [-0.2, 0) is 6.18 Å². The van der Waals surface area contributed by atoms with E-state index in [1.165, 1.54) is 12.1 Å². The van der Waals surface area contributed by atoms with Crippen molar-refractivity contribution in [3.05, 3.63) is 107 Å². The summed E-state index contributed by atoms with van der Waals surface area (Å²) in [5.74, 6) is 0. The van der Waals surface area contributed by atoms with Gasteiger partial charge in [-0.3, -0.25) is 0 Å². The number of hydrogen-bond acceptors (Lipinski definition) is 0. The maximum absolute atomic E-state index is 13.1. The first-order valence-corrected chi connectivity index (χ1v) is 7.96. The monoisotopic (exact) mass is 338 g/mol. The molecule has 0 saturated carbocycles. The number of hydrogen-bond donors (Lipinski definition) is 0. The Hall–Kier alpha value is -2.81. The third-order valence-electron chi connectivity index (χ3n) is 4.12. The van der Waals surface area contributed by atoms with E-state index in [1.807, 2.05) is 67.6 Å². The first-order chi connectivity index (χ1) is 12.0. The van der Waals surface area contributed by atoms with Gasteiger partial charge in [0.1, 0.15) is 0 Å². The van der Waals surface area contributed by atoms with Gasteiger partial charge in [0.05, 0.1) is 5.56 Å². The standard InChI is InChI=1S/C22H17F3/c1-16(17-9-4-2-5-10-17)21(18-11-6-3-7-12-18)19-13-8-14-20(15-19)22(23,24)25/h2-15H,1H3/b21-16+. The summed E-state index contributed by atoms with van der Waals surface area (Å²) in [6, 6.07) is 24.7. The molecule has 0 unspecified atom stereocenters. The summed E-state index contributed by atoms with van der Waals surface area (Å²) < 4.78 is 39.4. The number of halogens is 3. The molecule has 0 spiro atoms. The zero-order chi connectivity index (χ0) is 17.9. The molecule has 0 aromatic heterocycles. The minimum Gasteiger partial charge on any atom is -0.166 e. The van der Waals surface area contributed by atoms with Gasteiger partial charge in [0.2, 0.25) is 0 Å². The predicted octanol–water partition coefficient (Wildman–Crippen LogP) is 6.68. The van der Waals surface area contributed by atoms with Crippen LogP contribution in [-0.4, -0.2) is 0 Å². The molecule has 0 aliphatic carbocycles. The topological polar surface area (TPSA) is 0 Å². The van der Waals surface area contributed by atoms with Crippen molar-refractivity contribution in [3.8, 4) is 0 Å². The van der Waals surface area contributed by atoms with Crippen molar-refractivity contribution < 1.29 is 13.2 Å². The Labute approximate surface area is 145 Å². The largest absolute Gasteiger partial charge is 0.416 e. The average molecular weight is 338 g/mol. The fourth-order valence-electron chi connectivity index (χ4n) is 2.89. The molecule has 0 N–H and O–H groups in total. The van der Waals surface area contributed by atoms with Crippen LogP contribution in [0.25, 0.3) is 11.1 Å². The molecule has 0 amide bonds. The van der Waals surface area contributed by atoms with Gasteiger partial charge in [0.25, 0.3) is 0 Å². The van der Waals surface area contributed by atoms with Crippen LogP contribution in [0.2, 0.25) is 0 Å². The molecule has 0 aliphatic heterocycles. The Morgan fingerprint density at radius 2 is 1.16 bits per heavy atom. The second kappa shape index (κ2) is 6.98. The van der Waals surface area contributed by atoms with Crippen molar-refractivity contribution in [2.45, 2.75) is 13.1 Å². The highest BCUT2D eigenvalue weighted by molar-refractivity contribution is 5.97. The fraction of sp³-hybridized carbons (Fsp3) is 0.0909. The summed E-state index contributed by atoms with van der Waals surface area (Å²) in [5, 5.41) is 0. The molecule has 3 aromatic carbocycles. The minimum atomic E-state index is -4.36. The van der Waals surface area contributed by atoms with E-state index in [4.69, 9.17) is 0 Å². The quantitative estimate of drug-likeness (QED) is 0.467. The lowest BCUT2D eigenvalue weighted by molar-refractivity contribution is -0.137. The third kappa shape index (κ3) is 3.82. The smallest absolute Gasteiger partial charge is 0.166 e. The van der Waals surface area contributed by atoms with E-state index in [1.54, 1.807) is 6.07 Å². The predicted molar refractivity (Wildman–Crippen MR) is 95.9 cm³/mol. The van der Waals surface area contributed by atoms with Crippen molar-refractivity contribution in [1.29, 1.82) is 0 Å². The SMILES string of the molecule is C/C(=C(/c1ccccc1)c1cccc(C(F)(F)F)c1)c1ccccc1. The van der Waals surface area contributed by atoms with Crippen LogP contribution in [0.1, 0.15) is 29.2 Å². The van der Waals surface area contributed by atoms with E-state index < -0.39 is 11.7 Å². The Bertz CT molecular complexity index is 876. The molecule has 0 bridgehead atoms. The molecular weight excluding hydrogens is 321 g/mol. The second-order valence-electron chi connectivity index (χ2n) is 5.81. The summed E-state index contributed by atoms with van der Waals surface area (Å²) in [4.78, 5) is 0. The molecular formula is C22H17F3. The minimum absolute atomic E-state index is 0.558. The number of alkyl halides is 3. The van der Waals surface area contributed by atoms with E-state index in [-0.39, 0.29) is 0 Å². The van der Waals surface area contributed by atoms with Gasteiger partial charge in [0.15, 0.2) is 0 Å². The molecule has 0 heterocycles. The Kier molecular flexibility index (Phi) is 4.75. The van der Waals surface area contributed by atoms with Crippen LogP contribution in [0.3, 0.4) is 0 Å². The van der Waals surface area contributed by atoms with E-state index in [9.17, 15) is 13.2 Å². The molecule has 0 nitrogen and oxygen atoms in total. The second-order valence-corrected chi connectivity index (χ2v) is 5.81. The maximum Gasteiger partial charge on any atom is 0.416 e. The van der Waals surface area contributed by atoms with Gasteiger partial charge in [-0.2, -0.15) is 13.2 Å². The number of benzene rings is 3. The van der Waals surface area contributed by atoms with Crippen LogP contribution in [0, 0.1) is 0 Å². The highest BCUT2D eigenvalue weighted by Crippen LogP contribution is 2.35. The molecule has 3 heteroatoms. The van der Waals surface area contributed by atoms with Gasteiger partial charge in [-0.15, -0.1) is 0 Å². The lowest BCUT2D eigenvalue weighted by Gasteiger charge is -2.16. The molecule has 0 radical (unpaired) electrons. The van der Waals surface area contributed by atoms with Crippen LogP contribution >= 0.6 is 0 Å². The summed E-state index contributed by atoms with van der Waals surface area (Å²) in [5.41, 5.74) is 3.53. The van der Waals surface area contributed by atoms with E-state index >= 15 is 0 Å². The average Bonchev–Trinajstić information content (AvgIpc) is 2.63. The molecule has 0 atom stereocenters. The third-order valence-corrected chi connectivity index (χ3v) is 4.12. The zero-order valence-electron chi connectivity index (χ0n) is 13.7. The van der Waals surface area contributed by atoms with Crippen LogP contribution in [0.5, 0.6) is 0 Å². The van der Waals surface area contributed by atoms with Crippen molar-refractivity contribution in [2.24, 2.45) is 0 Å². The first kappa shape index (κ1) is 17.0. The van der Waals surface area contributed by atoms with Crippen molar-refractivity contribution >= 4 is 11.1 Å². The van der Waals surface area contributed by atoms with Crippen molar-refractivity contribution in [3.63, 3.8) is 0 Å². The highest BCUT2D eigenvalue weighted by Gasteiger charge is 2.30. The van der Waals surface area contributed by atoms with Gasteiger partial charge < -0.3 is 0 Å². The van der Waals surface area contributed by atoms with Crippen LogP contribution < -0.4 is 0 Å². The van der Waals surface area contributed by atoms with Gasteiger partial charge in [-0.05, 0) is 46.9 Å². The molecule has 126 valence electrons. The molecule has 3 aromatic rings. The lowest BCUT2D eigenvalue weighted by Crippen LogP contribution is -2.05. The van der Waals surface area contributed by atoms with Gasteiger partial charge in [-0.1, -0.05) is 72.8 Å². The fourth-order valence-corrected chi connectivity index (χ4v) is 2.89. The van der Waals surface area contributed by atoms with Gasteiger partial charge in [-0.25, -0.2) is 0 Å².